The van der Waals surface area contributed by atoms with Crippen molar-refractivity contribution in [1.29, 1.82) is 0 Å². The third-order valence-corrected chi connectivity index (χ3v) is 8.93. The summed E-state index contributed by atoms with van der Waals surface area (Å²) in [6.45, 7) is 4.39. The first-order valence-electron chi connectivity index (χ1n) is 13.2. The van der Waals surface area contributed by atoms with Gasteiger partial charge in [-0.1, -0.05) is 18.2 Å². The number of fused-ring (bicyclic) bond motifs is 2. The molecule has 1 atom stereocenters. The molecule has 0 aliphatic carbocycles. The van der Waals surface area contributed by atoms with Gasteiger partial charge in [-0.05, 0) is 50.1 Å². The Bertz CT molecular complexity index is 1420. The average Bonchev–Trinajstić information content (AvgIpc) is 3.54. The number of piperidine rings is 1. The molecule has 2 fully saturated rings. The number of pyridine rings is 1. The molecule has 4 aliphatic heterocycles. The SMILES string of the molecule is CCOC1=CN2NC3NNCC3=C2C(c2ccc(N3CCC(O)(CNS(=O)(=O)c4ccccc4)CC3)nc2)=C1. The molecule has 6 rings (SSSR count). The van der Waals surface area contributed by atoms with E-state index in [9.17, 15) is 13.5 Å². The Morgan fingerprint density at radius 1 is 1.18 bits per heavy atom. The van der Waals surface area contributed by atoms with E-state index in [1.54, 1.807) is 30.3 Å². The zero-order chi connectivity index (χ0) is 27.0. The zero-order valence-electron chi connectivity index (χ0n) is 21.7. The summed E-state index contributed by atoms with van der Waals surface area (Å²) < 4.78 is 33.5. The highest BCUT2D eigenvalue weighted by molar-refractivity contribution is 7.89. The number of nitrogens with one attached hydrogen (secondary N) is 4. The lowest BCUT2D eigenvalue weighted by atomic mass is 9.91. The molecule has 1 aromatic carbocycles. The van der Waals surface area contributed by atoms with Gasteiger partial charge in [-0.2, -0.15) is 0 Å². The van der Waals surface area contributed by atoms with Crippen molar-refractivity contribution in [2.45, 2.75) is 36.4 Å². The quantitative estimate of drug-likeness (QED) is 0.326. The van der Waals surface area contributed by atoms with Crippen LogP contribution < -0.4 is 25.9 Å². The number of hydrogen-bond donors (Lipinski definition) is 5. The van der Waals surface area contributed by atoms with Crippen LogP contribution in [0.1, 0.15) is 25.3 Å². The molecule has 0 amide bonds. The number of allylic oxidation sites excluding steroid dienone is 2. The Hall–Kier alpha value is -3.26. The second-order valence-corrected chi connectivity index (χ2v) is 11.8. The van der Waals surface area contributed by atoms with Gasteiger partial charge in [-0.3, -0.25) is 10.4 Å². The van der Waals surface area contributed by atoms with Crippen molar-refractivity contribution >= 4 is 21.4 Å². The van der Waals surface area contributed by atoms with Crippen LogP contribution in [-0.4, -0.2) is 68.1 Å². The van der Waals surface area contributed by atoms with Crippen LogP contribution in [0.25, 0.3) is 5.57 Å². The molecule has 0 spiro atoms. The van der Waals surface area contributed by atoms with Crippen molar-refractivity contribution in [3.05, 3.63) is 83.5 Å². The summed E-state index contributed by atoms with van der Waals surface area (Å²) in [5, 5.41) is 13.1. The normalized spacial score (nSPS) is 22.4. The number of nitrogens with zero attached hydrogens (tertiary/aromatic N) is 3. The van der Waals surface area contributed by atoms with E-state index in [0.717, 1.165) is 35.0 Å². The molecule has 11 nitrogen and oxygen atoms in total. The predicted molar refractivity (Wildman–Crippen MR) is 147 cm³/mol. The van der Waals surface area contributed by atoms with Crippen LogP contribution in [0, 0.1) is 0 Å². The van der Waals surface area contributed by atoms with Crippen LogP contribution in [0.2, 0.25) is 0 Å². The summed E-state index contributed by atoms with van der Waals surface area (Å²) >= 11 is 0. The van der Waals surface area contributed by atoms with Crippen molar-refractivity contribution in [2.75, 3.05) is 37.7 Å². The maximum Gasteiger partial charge on any atom is 0.240 e. The first-order valence-corrected chi connectivity index (χ1v) is 14.7. The van der Waals surface area contributed by atoms with Crippen molar-refractivity contribution in [3.63, 3.8) is 0 Å². The van der Waals surface area contributed by atoms with Crippen molar-refractivity contribution < 1.29 is 18.3 Å². The minimum Gasteiger partial charge on any atom is -0.492 e. The molecule has 2 aromatic rings. The lowest BCUT2D eigenvalue weighted by Crippen LogP contribution is -2.51. The maximum absolute atomic E-state index is 12.6. The largest absolute Gasteiger partial charge is 0.492 e. The van der Waals surface area contributed by atoms with Crippen molar-refractivity contribution in [1.82, 2.24) is 31.0 Å². The predicted octanol–water partition coefficient (Wildman–Crippen LogP) is 1.17. The lowest BCUT2D eigenvalue weighted by molar-refractivity contribution is 0.0214. The monoisotopic (exact) mass is 551 g/mol. The summed E-state index contributed by atoms with van der Waals surface area (Å²) in [4.78, 5) is 7.07. The topological polar surface area (TPSA) is 131 Å². The molecule has 5 N–H and O–H groups in total. The molecular formula is C27H33N7O4S. The molecule has 39 heavy (non-hydrogen) atoms. The van der Waals surface area contributed by atoms with Gasteiger partial charge < -0.3 is 14.7 Å². The fourth-order valence-corrected chi connectivity index (χ4v) is 6.49. The van der Waals surface area contributed by atoms with E-state index in [2.05, 4.69) is 38.0 Å². The smallest absolute Gasteiger partial charge is 0.240 e. The number of sulfonamides is 1. The summed E-state index contributed by atoms with van der Waals surface area (Å²) in [6, 6.07) is 12.3. The number of ether oxygens (including phenoxy) is 1. The van der Waals surface area contributed by atoms with E-state index < -0.39 is 15.6 Å². The van der Waals surface area contributed by atoms with E-state index in [1.807, 2.05) is 30.4 Å². The molecule has 0 saturated carbocycles. The maximum atomic E-state index is 12.6. The van der Waals surface area contributed by atoms with Gasteiger partial charge in [-0.15, -0.1) is 0 Å². The molecule has 0 bridgehead atoms. The standard InChI is InChI=1S/C27H33N7O4S/c1-2-38-20-14-22(25-23-16-29-31-26(23)32-34(25)17-20)19-8-9-24(28-15-19)33-12-10-27(35,11-13-33)18-30-39(36,37)21-6-4-3-5-7-21/h3-9,14-15,17,26,29-32,35H,2,10-13,16,18H2,1H3. The lowest BCUT2D eigenvalue weighted by Gasteiger charge is -2.38. The third-order valence-electron chi connectivity index (χ3n) is 7.52. The van der Waals surface area contributed by atoms with Crippen LogP contribution in [0.4, 0.5) is 5.82 Å². The molecule has 1 unspecified atom stereocenters. The highest BCUT2D eigenvalue weighted by Gasteiger charge is 2.38. The second-order valence-electron chi connectivity index (χ2n) is 10.1. The Labute approximate surface area is 228 Å². The van der Waals surface area contributed by atoms with Gasteiger partial charge >= 0.3 is 0 Å². The molecule has 2 saturated heterocycles. The van der Waals surface area contributed by atoms with E-state index >= 15 is 0 Å². The fraction of sp³-hybridized carbons (Fsp3) is 0.370. The number of aromatic nitrogens is 1. The third kappa shape index (κ3) is 5.19. The Morgan fingerprint density at radius 2 is 1.97 bits per heavy atom. The van der Waals surface area contributed by atoms with Gasteiger partial charge in [0.15, 0.2) is 0 Å². The number of hydrogen-bond acceptors (Lipinski definition) is 10. The van der Waals surface area contributed by atoms with Gasteiger partial charge in [0.25, 0.3) is 0 Å². The van der Waals surface area contributed by atoms with E-state index in [0.29, 0.717) is 32.5 Å². The van der Waals surface area contributed by atoms with Crippen molar-refractivity contribution in [2.24, 2.45) is 0 Å². The summed E-state index contributed by atoms with van der Waals surface area (Å²) in [5.41, 5.74) is 13.1. The van der Waals surface area contributed by atoms with Crippen molar-refractivity contribution in [3.8, 4) is 0 Å². The first-order chi connectivity index (χ1) is 18.9. The van der Waals surface area contributed by atoms with Gasteiger partial charge in [-0.25, -0.2) is 29.0 Å². The minimum atomic E-state index is -3.67. The number of anilines is 1. The Kier molecular flexibility index (Phi) is 6.91. The van der Waals surface area contributed by atoms with Gasteiger partial charge in [0.05, 0.1) is 29.0 Å². The van der Waals surface area contributed by atoms with Crippen LogP contribution >= 0.6 is 0 Å². The Morgan fingerprint density at radius 3 is 2.69 bits per heavy atom. The summed E-state index contributed by atoms with van der Waals surface area (Å²) in [6.07, 6.45) is 6.78. The van der Waals surface area contributed by atoms with Gasteiger partial charge in [0.2, 0.25) is 10.0 Å². The molecule has 4 aliphatic rings. The first kappa shape index (κ1) is 26.0. The van der Waals surface area contributed by atoms with Gasteiger partial charge in [0.1, 0.15) is 17.7 Å². The zero-order valence-corrected chi connectivity index (χ0v) is 22.5. The molecule has 5 heterocycles. The molecule has 1 aromatic heterocycles. The fourth-order valence-electron chi connectivity index (χ4n) is 5.35. The van der Waals surface area contributed by atoms with Crippen LogP contribution in [-0.2, 0) is 14.8 Å². The van der Waals surface area contributed by atoms with E-state index in [1.165, 1.54) is 5.57 Å². The average molecular weight is 552 g/mol. The Balaban J connectivity index is 1.13. The number of hydrazine groups is 2. The molecule has 206 valence electrons. The second kappa shape index (κ2) is 10.4. The molecule has 12 heteroatoms. The number of benzene rings is 1. The van der Waals surface area contributed by atoms with E-state index in [-0.39, 0.29) is 17.6 Å². The number of aliphatic hydroxyl groups is 1. The molecule has 0 radical (unpaired) electrons. The highest BCUT2D eigenvalue weighted by Crippen LogP contribution is 2.38. The summed E-state index contributed by atoms with van der Waals surface area (Å²) in [7, 11) is -3.67. The minimum absolute atomic E-state index is 0.0251. The number of rotatable bonds is 8. The van der Waals surface area contributed by atoms with Gasteiger partial charge in [0, 0.05) is 49.1 Å². The van der Waals surface area contributed by atoms with Crippen LogP contribution in [0.3, 0.4) is 0 Å². The molecular weight excluding hydrogens is 518 g/mol. The van der Waals surface area contributed by atoms with Crippen LogP contribution in [0.5, 0.6) is 0 Å². The summed E-state index contributed by atoms with van der Waals surface area (Å²) in [5.74, 6) is 1.60. The van der Waals surface area contributed by atoms with E-state index in [4.69, 9.17) is 9.72 Å². The van der Waals surface area contributed by atoms with Crippen LogP contribution in [0.15, 0.2) is 82.9 Å². The highest BCUT2D eigenvalue weighted by atomic mass is 32.2.